The predicted molar refractivity (Wildman–Crippen MR) is 68.3 cm³/mol. The lowest BCUT2D eigenvalue weighted by atomic mass is 9.89. The molecule has 1 aromatic rings. The minimum absolute atomic E-state index is 0.0544. The van der Waals surface area contributed by atoms with E-state index in [2.05, 4.69) is 15.7 Å². The molecule has 0 radical (unpaired) electrons. The molecule has 1 fully saturated rings. The summed E-state index contributed by atoms with van der Waals surface area (Å²) >= 11 is 0. The molecule has 1 amide bonds. The van der Waals surface area contributed by atoms with E-state index in [0.29, 0.717) is 13.2 Å². The second-order valence-corrected chi connectivity index (χ2v) is 4.93. The minimum Gasteiger partial charge on any atom is -0.383 e. The molecular formula is C12H20N4O2. The highest BCUT2D eigenvalue weighted by molar-refractivity contribution is 5.95. The Labute approximate surface area is 107 Å². The van der Waals surface area contributed by atoms with Gasteiger partial charge in [-0.1, -0.05) is 0 Å². The number of aromatic nitrogens is 2. The smallest absolute Gasteiger partial charge is 0.231 e. The van der Waals surface area contributed by atoms with E-state index in [0.717, 1.165) is 25.2 Å². The first-order chi connectivity index (χ1) is 8.64. The molecular weight excluding hydrogens is 232 g/mol. The van der Waals surface area contributed by atoms with Crippen LogP contribution in [0.15, 0.2) is 12.4 Å². The van der Waals surface area contributed by atoms with Crippen molar-refractivity contribution in [3.05, 3.63) is 12.4 Å². The highest BCUT2D eigenvalue weighted by Crippen LogP contribution is 2.26. The molecule has 0 spiro atoms. The fraction of sp³-hybridized carbons (Fsp3) is 0.667. The number of nitrogens with zero attached hydrogens (tertiary/aromatic N) is 2. The van der Waals surface area contributed by atoms with E-state index < -0.39 is 0 Å². The summed E-state index contributed by atoms with van der Waals surface area (Å²) in [6, 6.07) is 0. The second-order valence-electron chi connectivity index (χ2n) is 4.93. The SMILES string of the molecule is COCCn1cc(NC(=O)C2(C)CCNC2)cn1. The van der Waals surface area contributed by atoms with E-state index in [4.69, 9.17) is 4.74 Å². The van der Waals surface area contributed by atoms with Gasteiger partial charge in [-0.25, -0.2) is 0 Å². The van der Waals surface area contributed by atoms with Gasteiger partial charge in [-0.05, 0) is 19.9 Å². The molecule has 1 saturated heterocycles. The number of hydrogen-bond donors (Lipinski definition) is 2. The molecule has 0 bridgehead atoms. The van der Waals surface area contributed by atoms with Crippen LogP contribution in [0.2, 0.25) is 0 Å². The zero-order valence-electron chi connectivity index (χ0n) is 10.9. The van der Waals surface area contributed by atoms with Gasteiger partial charge in [0.25, 0.3) is 0 Å². The van der Waals surface area contributed by atoms with Crippen LogP contribution in [-0.2, 0) is 16.1 Å². The highest BCUT2D eigenvalue weighted by atomic mass is 16.5. The van der Waals surface area contributed by atoms with Gasteiger partial charge in [-0.2, -0.15) is 5.10 Å². The Hall–Kier alpha value is -1.40. The lowest BCUT2D eigenvalue weighted by molar-refractivity contribution is -0.123. The molecule has 1 aliphatic rings. The zero-order valence-corrected chi connectivity index (χ0v) is 10.9. The Kier molecular flexibility index (Phi) is 3.98. The minimum atomic E-state index is -0.311. The molecule has 6 heteroatoms. The van der Waals surface area contributed by atoms with Crippen molar-refractivity contribution in [2.24, 2.45) is 5.41 Å². The second kappa shape index (κ2) is 5.49. The summed E-state index contributed by atoms with van der Waals surface area (Å²) in [5, 5.41) is 10.3. The summed E-state index contributed by atoms with van der Waals surface area (Å²) in [7, 11) is 1.65. The number of ether oxygens (including phenoxy) is 1. The predicted octanol–water partition coefficient (Wildman–Crippen LogP) is 0.468. The van der Waals surface area contributed by atoms with Crippen LogP contribution in [-0.4, -0.2) is 42.5 Å². The van der Waals surface area contributed by atoms with Gasteiger partial charge in [0.2, 0.25) is 5.91 Å². The number of methoxy groups -OCH3 is 1. The van der Waals surface area contributed by atoms with Crippen molar-refractivity contribution >= 4 is 11.6 Å². The number of carbonyl (C=O) groups excluding carboxylic acids is 1. The molecule has 2 heterocycles. The average Bonchev–Trinajstić information content (AvgIpc) is 2.97. The fourth-order valence-electron chi connectivity index (χ4n) is 2.03. The van der Waals surface area contributed by atoms with Crippen molar-refractivity contribution < 1.29 is 9.53 Å². The standard InChI is InChI=1S/C12H20N4O2/c1-12(3-4-13-9-12)11(17)15-10-7-14-16(8-10)5-6-18-2/h7-8,13H,3-6,9H2,1-2H3,(H,15,17). The third kappa shape index (κ3) is 2.88. The van der Waals surface area contributed by atoms with E-state index >= 15 is 0 Å². The Morgan fingerprint density at radius 1 is 1.72 bits per heavy atom. The maximum Gasteiger partial charge on any atom is 0.231 e. The van der Waals surface area contributed by atoms with Crippen molar-refractivity contribution in [1.82, 2.24) is 15.1 Å². The molecule has 1 atom stereocenters. The van der Waals surface area contributed by atoms with Gasteiger partial charge in [0.05, 0.1) is 30.5 Å². The van der Waals surface area contributed by atoms with Gasteiger partial charge in [0.1, 0.15) is 0 Å². The maximum atomic E-state index is 12.1. The van der Waals surface area contributed by atoms with E-state index in [1.807, 2.05) is 13.1 Å². The molecule has 100 valence electrons. The maximum absolute atomic E-state index is 12.1. The van der Waals surface area contributed by atoms with Gasteiger partial charge in [0, 0.05) is 19.9 Å². The highest BCUT2D eigenvalue weighted by Gasteiger charge is 2.36. The summed E-state index contributed by atoms with van der Waals surface area (Å²) < 4.78 is 6.74. The molecule has 6 nitrogen and oxygen atoms in total. The largest absolute Gasteiger partial charge is 0.383 e. The van der Waals surface area contributed by atoms with Gasteiger partial charge < -0.3 is 15.4 Å². The molecule has 0 aromatic carbocycles. The summed E-state index contributed by atoms with van der Waals surface area (Å²) in [5.74, 6) is 0.0544. The van der Waals surface area contributed by atoms with E-state index in [9.17, 15) is 4.79 Å². The summed E-state index contributed by atoms with van der Waals surface area (Å²) in [4.78, 5) is 12.1. The van der Waals surface area contributed by atoms with Crippen molar-refractivity contribution in [1.29, 1.82) is 0 Å². The van der Waals surface area contributed by atoms with E-state index in [1.54, 1.807) is 18.0 Å². The Morgan fingerprint density at radius 3 is 3.22 bits per heavy atom. The van der Waals surface area contributed by atoms with Gasteiger partial charge in [-0.15, -0.1) is 0 Å². The van der Waals surface area contributed by atoms with Crippen LogP contribution < -0.4 is 10.6 Å². The molecule has 2 rings (SSSR count). The van der Waals surface area contributed by atoms with Crippen LogP contribution in [0.25, 0.3) is 0 Å². The van der Waals surface area contributed by atoms with Gasteiger partial charge in [0.15, 0.2) is 0 Å². The van der Waals surface area contributed by atoms with E-state index in [1.165, 1.54) is 0 Å². The number of rotatable bonds is 5. The number of anilines is 1. The number of hydrogen-bond acceptors (Lipinski definition) is 4. The molecule has 1 unspecified atom stereocenters. The molecule has 0 saturated carbocycles. The molecule has 2 N–H and O–H groups in total. The van der Waals surface area contributed by atoms with Crippen LogP contribution >= 0.6 is 0 Å². The van der Waals surface area contributed by atoms with Crippen molar-refractivity contribution in [2.45, 2.75) is 19.9 Å². The first-order valence-electron chi connectivity index (χ1n) is 6.18. The van der Waals surface area contributed by atoms with Crippen molar-refractivity contribution in [2.75, 3.05) is 32.1 Å². The fourth-order valence-corrected chi connectivity index (χ4v) is 2.03. The lowest BCUT2D eigenvalue weighted by Crippen LogP contribution is -2.35. The number of nitrogens with one attached hydrogen (secondary N) is 2. The first-order valence-corrected chi connectivity index (χ1v) is 6.18. The number of amides is 1. The summed E-state index contributed by atoms with van der Waals surface area (Å²) in [5.41, 5.74) is 0.429. The van der Waals surface area contributed by atoms with E-state index in [-0.39, 0.29) is 11.3 Å². The summed E-state index contributed by atoms with van der Waals surface area (Å²) in [6.45, 7) is 4.91. The third-order valence-electron chi connectivity index (χ3n) is 3.33. The Morgan fingerprint density at radius 2 is 2.56 bits per heavy atom. The topological polar surface area (TPSA) is 68.2 Å². The molecule has 1 aliphatic heterocycles. The lowest BCUT2D eigenvalue weighted by Gasteiger charge is -2.20. The monoisotopic (exact) mass is 252 g/mol. The van der Waals surface area contributed by atoms with Crippen LogP contribution in [0.1, 0.15) is 13.3 Å². The Balaban J connectivity index is 1.92. The normalized spacial score (nSPS) is 23.2. The van der Waals surface area contributed by atoms with Crippen molar-refractivity contribution in [3.63, 3.8) is 0 Å². The zero-order chi connectivity index (χ0) is 13.0. The first kappa shape index (κ1) is 13.0. The van der Waals surface area contributed by atoms with Crippen LogP contribution in [0, 0.1) is 5.41 Å². The van der Waals surface area contributed by atoms with Crippen LogP contribution in [0.4, 0.5) is 5.69 Å². The third-order valence-corrected chi connectivity index (χ3v) is 3.33. The van der Waals surface area contributed by atoms with Crippen molar-refractivity contribution in [3.8, 4) is 0 Å². The average molecular weight is 252 g/mol. The van der Waals surface area contributed by atoms with Gasteiger partial charge in [-0.3, -0.25) is 9.48 Å². The summed E-state index contributed by atoms with van der Waals surface area (Å²) in [6.07, 6.45) is 4.36. The molecule has 0 aliphatic carbocycles. The number of carbonyl (C=O) groups is 1. The molecule has 18 heavy (non-hydrogen) atoms. The molecule has 1 aromatic heterocycles. The van der Waals surface area contributed by atoms with Crippen LogP contribution in [0.5, 0.6) is 0 Å². The van der Waals surface area contributed by atoms with Gasteiger partial charge >= 0.3 is 0 Å². The van der Waals surface area contributed by atoms with Crippen LogP contribution in [0.3, 0.4) is 0 Å². The quantitative estimate of drug-likeness (QED) is 0.799. The Bertz CT molecular complexity index is 410.